The van der Waals surface area contributed by atoms with E-state index in [4.69, 9.17) is 11.5 Å². The number of amides is 6. The fourth-order valence-corrected chi connectivity index (χ4v) is 7.94. The molecule has 13 nitrogen and oxygen atoms in total. The van der Waals surface area contributed by atoms with E-state index in [0.717, 1.165) is 11.1 Å². The van der Waals surface area contributed by atoms with Crippen LogP contribution in [0, 0.1) is 5.92 Å². The second-order valence-corrected chi connectivity index (χ2v) is 15.7. The predicted molar refractivity (Wildman–Crippen MR) is 210 cm³/mol. The summed E-state index contributed by atoms with van der Waals surface area (Å²) < 4.78 is 0. The van der Waals surface area contributed by atoms with Gasteiger partial charge in [0, 0.05) is 32.4 Å². The Morgan fingerprint density at radius 3 is 2.02 bits per heavy atom. The number of hydrogen-bond donors (Lipinski definition) is 5. The topological polar surface area (TPSA) is 197 Å². The summed E-state index contributed by atoms with van der Waals surface area (Å²) >= 11 is 1.54. The van der Waals surface area contributed by atoms with Gasteiger partial charge in [0.15, 0.2) is 0 Å². The van der Waals surface area contributed by atoms with Crippen LogP contribution in [-0.4, -0.2) is 107 Å². The molecule has 0 aliphatic carbocycles. The van der Waals surface area contributed by atoms with Crippen molar-refractivity contribution in [1.82, 2.24) is 25.8 Å². The fourth-order valence-electron chi connectivity index (χ4n) is 7.47. The average Bonchev–Trinajstić information content (AvgIpc) is 3.73. The van der Waals surface area contributed by atoms with E-state index >= 15 is 0 Å². The molecule has 5 atom stereocenters. The minimum Gasteiger partial charge on any atom is -0.368 e. The van der Waals surface area contributed by atoms with Crippen LogP contribution in [0.5, 0.6) is 0 Å². The van der Waals surface area contributed by atoms with Crippen LogP contribution < -0.4 is 27.4 Å². The van der Waals surface area contributed by atoms with Crippen molar-refractivity contribution in [1.29, 1.82) is 0 Å². The average molecular weight is 764 g/mol. The Labute approximate surface area is 323 Å². The molecule has 0 saturated carbocycles. The van der Waals surface area contributed by atoms with E-state index in [1.54, 1.807) is 9.80 Å². The van der Waals surface area contributed by atoms with Crippen LogP contribution in [-0.2, 0) is 41.6 Å². The molecular formula is C40H57N7O6S. The largest absolute Gasteiger partial charge is 0.368 e. The number of hydrogen-bond acceptors (Lipinski definition) is 8. The summed E-state index contributed by atoms with van der Waals surface area (Å²) in [5.74, 6) is -1.94. The highest BCUT2D eigenvalue weighted by molar-refractivity contribution is 7.98. The van der Waals surface area contributed by atoms with Crippen LogP contribution in [0.2, 0.25) is 0 Å². The van der Waals surface area contributed by atoms with E-state index < -0.39 is 53.3 Å². The lowest BCUT2D eigenvalue weighted by Gasteiger charge is -2.37. The zero-order valence-corrected chi connectivity index (χ0v) is 32.6. The van der Waals surface area contributed by atoms with Gasteiger partial charge in [0.1, 0.15) is 29.7 Å². The number of carbonyl (C=O) groups is 6. The van der Waals surface area contributed by atoms with Gasteiger partial charge in [-0.15, -0.1) is 0 Å². The molecule has 2 aromatic carbocycles. The van der Waals surface area contributed by atoms with Crippen LogP contribution >= 0.6 is 11.8 Å². The van der Waals surface area contributed by atoms with Crippen LogP contribution in [0.1, 0.15) is 69.9 Å². The Bertz CT molecular complexity index is 1600. The molecule has 4 rings (SSSR count). The fraction of sp³-hybridized carbons (Fsp3) is 0.550. The van der Waals surface area contributed by atoms with Crippen LogP contribution in [0.25, 0.3) is 0 Å². The third-order valence-corrected chi connectivity index (χ3v) is 10.9. The summed E-state index contributed by atoms with van der Waals surface area (Å²) in [7, 11) is 0. The minimum absolute atomic E-state index is 0.0507. The lowest BCUT2D eigenvalue weighted by Crippen LogP contribution is -2.61. The standard InChI is InChI=1S/C40H57N7O6S/c1-27(2)24-33(37(51)44-30(35(42)49)17-23-54-3)46-22-19-40(39(46)53)18-11-21-47(40)38(52)32(26-29-14-8-5-9-15-29)45-36(50)31(43-34(48)16-10-20-41)25-28-12-6-4-7-13-28/h4-9,12-15,27,30-33H,10-11,16-26,41H2,1-3H3,(H2,42,49)(H,43,48)(H,44,51)(H,45,50)/t30-,31+,32+,33+,40?/m1/s1. The van der Waals surface area contributed by atoms with Crippen molar-refractivity contribution >= 4 is 47.2 Å². The SMILES string of the molecule is CSCC[C@@H](NC(=O)[C@H](CC(C)C)N1CCC2(CCCN2C(=O)[C@H](Cc2ccccc2)NC(=O)[C@H](Cc2ccccc2)NC(=O)CCCN)C1=O)C(N)=O. The van der Waals surface area contributed by atoms with Gasteiger partial charge in [0.05, 0.1) is 0 Å². The third-order valence-electron chi connectivity index (χ3n) is 10.3. The first-order valence-corrected chi connectivity index (χ1v) is 20.4. The van der Waals surface area contributed by atoms with E-state index in [1.165, 1.54) is 11.8 Å². The molecule has 2 heterocycles. The van der Waals surface area contributed by atoms with Gasteiger partial charge in [-0.3, -0.25) is 28.8 Å². The second kappa shape index (κ2) is 20.3. The van der Waals surface area contributed by atoms with Gasteiger partial charge in [-0.1, -0.05) is 74.5 Å². The van der Waals surface area contributed by atoms with Gasteiger partial charge >= 0.3 is 0 Å². The maximum Gasteiger partial charge on any atom is 0.249 e. The molecule has 14 heteroatoms. The number of nitrogens with zero attached hydrogens (tertiary/aromatic N) is 2. The van der Waals surface area contributed by atoms with Crippen molar-refractivity contribution in [3.05, 3.63) is 71.8 Å². The van der Waals surface area contributed by atoms with Crippen LogP contribution in [0.4, 0.5) is 0 Å². The highest BCUT2D eigenvalue weighted by Gasteiger charge is 2.57. The first-order valence-electron chi connectivity index (χ1n) is 19.0. The van der Waals surface area contributed by atoms with E-state index in [-0.39, 0.29) is 43.5 Å². The second-order valence-electron chi connectivity index (χ2n) is 14.7. The molecule has 2 fully saturated rings. The molecule has 0 radical (unpaired) electrons. The van der Waals surface area contributed by atoms with Gasteiger partial charge in [0.25, 0.3) is 0 Å². The summed E-state index contributed by atoms with van der Waals surface area (Å²) in [4.78, 5) is 85.5. The number of benzene rings is 2. The van der Waals surface area contributed by atoms with Gasteiger partial charge in [-0.05, 0) is 74.1 Å². The molecule has 294 valence electrons. The summed E-state index contributed by atoms with van der Waals surface area (Å²) in [6.07, 6.45) is 4.95. The van der Waals surface area contributed by atoms with Gasteiger partial charge < -0.3 is 37.2 Å². The lowest BCUT2D eigenvalue weighted by atomic mass is 9.92. The number of likely N-dealkylation sites (tertiary alicyclic amines) is 2. The van der Waals surface area contributed by atoms with Crippen molar-refractivity contribution in [3.63, 3.8) is 0 Å². The van der Waals surface area contributed by atoms with Gasteiger partial charge in [-0.25, -0.2) is 0 Å². The summed E-state index contributed by atoms with van der Waals surface area (Å²) in [6, 6.07) is 14.9. The molecule has 7 N–H and O–H groups in total. The Morgan fingerprint density at radius 2 is 1.44 bits per heavy atom. The van der Waals surface area contributed by atoms with E-state index in [9.17, 15) is 28.8 Å². The number of primary amides is 1. The monoisotopic (exact) mass is 763 g/mol. The predicted octanol–water partition coefficient (Wildman–Crippen LogP) is 1.91. The third kappa shape index (κ3) is 11.1. The van der Waals surface area contributed by atoms with Gasteiger partial charge in [0.2, 0.25) is 35.4 Å². The zero-order valence-electron chi connectivity index (χ0n) is 31.8. The summed E-state index contributed by atoms with van der Waals surface area (Å²) in [5, 5.41) is 8.62. The van der Waals surface area contributed by atoms with E-state index in [2.05, 4.69) is 16.0 Å². The normalized spacial score (nSPS) is 19.0. The maximum absolute atomic E-state index is 14.8. The smallest absolute Gasteiger partial charge is 0.249 e. The molecule has 2 aliphatic heterocycles. The van der Waals surface area contributed by atoms with Crippen molar-refractivity contribution < 1.29 is 28.8 Å². The van der Waals surface area contributed by atoms with Crippen molar-refractivity contribution in [3.8, 4) is 0 Å². The Kier molecular flexibility index (Phi) is 15.9. The first-order chi connectivity index (χ1) is 25.9. The Balaban J connectivity index is 1.61. The maximum atomic E-state index is 14.8. The van der Waals surface area contributed by atoms with Crippen LogP contribution in [0.3, 0.4) is 0 Å². The molecule has 0 aromatic heterocycles. The molecule has 54 heavy (non-hydrogen) atoms. The number of rotatable bonds is 20. The molecule has 6 amide bonds. The summed E-state index contributed by atoms with van der Waals surface area (Å²) in [5.41, 5.74) is 11.7. The molecule has 2 aromatic rings. The minimum atomic E-state index is -1.19. The van der Waals surface area contributed by atoms with Crippen LogP contribution in [0.15, 0.2) is 60.7 Å². The first kappa shape index (κ1) is 42.3. The molecular weight excluding hydrogens is 707 g/mol. The number of nitrogens with two attached hydrogens (primary N) is 2. The molecule has 1 spiro atoms. The van der Waals surface area contributed by atoms with E-state index in [0.29, 0.717) is 57.4 Å². The molecule has 0 bridgehead atoms. The zero-order chi connectivity index (χ0) is 39.3. The number of nitrogens with one attached hydrogen (secondary N) is 3. The van der Waals surface area contributed by atoms with E-state index in [1.807, 2.05) is 80.8 Å². The van der Waals surface area contributed by atoms with Gasteiger partial charge in [-0.2, -0.15) is 11.8 Å². The highest BCUT2D eigenvalue weighted by Crippen LogP contribution is 2.40. The van der Waals surface area contributed by atoms with Crippen molar-refractivity contribution in [2.45, 2.75) is 101 Å². The lowest BCUT2D eigenvalue weighted by molar-refractivity contribution is -0.151. The number of thioether (sulfide) groups is 1. The Hall–Kier alpha value is -4.43. The number of carbonyl (C=O) groups excluding carboxylic acids is 6. The molecule has 2 aliphatic rings. The Morgan fingerprint density at radius 1 is 0.833 bits per heavy atom. The molecule has 1 unspecified atom stereocenters. The summed E-state index contributed by atoms with van der Waals surface area (Å²) in [6.45, 7) is 4.82. The van der Waals surface area contributed by atoms with Crippen molar-refractivity contribution in [2.24, 2.45) is 17.4 Å². The van der Waals surface area contributed by atoms with Crippen molar-refractivity contribution in [2.75, 3.05) is 31.6 Å². The molecule has 2 saturated heterocycles. The highest BCUT2D eigenvalue weighted by atomic mass is 32.2. The quantitative estimate of drug-likeness (QED) is 0.135.